The highest BCUT2D eigenvalue weighted by atomic mass is 16.6. The first kappa shape index (κ1) is 14.5. The Hall–Kier alpha value is -1.55. The number of anilines is 1. The number of carbonyl (C=O) groups excluding carboxylic acids is 1. The summed E-state index contributed by atoms with van der Waals surface area (Å²) in [6.07, 6.45) is 1.11. The van der Waals surface area contributed by atoms with E-state index in [-0.39, 0.29) is 12.1 Å². The third-order valence-corrected chi connectivity index (χ3v) is 2.45. The molecule has 0 bridgehead atoms. The first-order chi connectivity index (χ1) is 8.59. The van der Waals surface area contributed by atoms with Crippen LogP contribution in [0.2, 0.25) is 0 Å². The molecule has 0 atom stereocenters. The van der Waals surface area contributed by atoms with Gasteiger partial charge in [-0.15, -0.1) is 0 Å². The van der Waals surface area contributed by atoms with Gasteiger partial charge < -0.3 is 15.2 Å². The third-order valence-electron chi connectivity index (χ3n) is 2.45. The van der Waals surface area contributed by atoms with E-state index in [0.29, 0.717) is 31.7 Å². The fraction of sp³-hybridized carbons (Fsp3) is 0.500. The average molecular weight is 251 g/mol. The molecule has 1 aromatic rings. The van der Waals surface area contributed by atoms with Gasteiger partial charge in [-0.3, -0.25) is 4.79 Å². The number of hydrogen-bond donors (Lipinski definition) is 1. The minimum atomic E-state index is -0.217. The molecule has 1 aromatic carbocycles. The van der Waals surface area contributed by atoms with Gasteiger partial charge in [0, 0.05) is 12.1 Å². The van der Waals surface area contributed by atoms with Gasteiger partial charge in [-0.25, -0.2) is 0 Å². The predicted molar refractivity (Wildman–Crippen MR) is 71.2 cm³/mol. The zero-order chi connectivity index (χ0) is 13.4. The van der Waals surface area contributed by atoms with E-state index in [1.807, 2.05) is 38.1 Å². The van der Waals surface area contributed by atoms with Crippen LogP contribution in [0.4, 0.5) is 5.69 Å². The third kappa shape index (κ3) is 5.68. The van der Waals surface area contributed by atoms with E-state index in [4.69, 9.17) is 15.2 Å². The molecule has 0 aliphatic heterocycles. The lowest BCUT2D eigenvalue weighted by atomic mass is 10.1. The van der Waals surface area contributed by atoms with Crippen molar-refractivity contribution in [2.75, 3.05) is 18.9 Å². The second-order valence-electron chi connectivity index (χ2n) is 4.34. The molecule has 0 aromatic heterocycles. The summed E-state index contributed by atoms with van der Waals surface area (Å²) in [5.74, 6) is -0.217. The van der Waals surface area contributed by atoms with Gasteiger partial charge in [0.15, 0.2) is 0 Å². The molecule has 100 valence electrons. The number of nitrogen functional groups attached to an aromatic ring is 1. The van der Waals surface area contributed by atoms with Crippen molar-refractivity contribution >= 4 is 11.7 Å². The Morgan fingerprint density at radius 1 is 1.28 bits per heavy atom. The molecule has 0 aliphatic rings. The summed E-state index contributed by atoms with van der Waals surface area (Å²) >= 11 is 0. The summed E-state index contributed by atoms with van der Waals surface area (Å²) in [6.45, 7) is 4.64. The maximum atomic E-state index is 11.5. The fourth-order valence-corrected chi connectivity index (χ4v) is 1.51. The largest absolute Gasteiger partial charge is 0.463 e. The highest BCUT2D eigenvalue weighted by Gasteiger charge is 2.05. The minimum Gasteiger partial charge on any atom is -0.463 e. The van der Waals surface area contributed by atoms with Crippen molar-refractivity contribution in [3.8, 4) is 0 Å². The number of benzene rings is 1. The van der Waals surface area contributed by atoms with E-state index in [0.717, 1.165) is 5.56 Å². The second kappa shape index (κ2) is 7.71. The van der Waals surface area contributed by atoms with E-state index in [1.54, 1.807) is 0 Å². The lowest BCUT2D eigenvalue weighted by molar-refractivity contribution is -0.145. The highest BCUT2D eigenvalue weighted by molar-refractivity contribution is 5.70. The van der Waals surface area contributed by atoms with Crippen molar-refractivity contribution in [1.82, 2.24) is 0 Å². The Morgan fingerprint density at radius 2 is 2.00 bits per heavy atom. The van der Waals surface area contributed by atoms with Crippen molar-refractivity contribution in [2.45, 2.75) is 32.8 Å². The molecule has 0 aliphatic carbocycles. The Morgan fingerprint density at radius 3 is 2.67 bits per heavy atom. The molecule has 4 nitrogen and oxygen atoms in total. The fourth-order valence-electron chi connectivity index (χ4n) is 1.51. The van der Waals surface area contributed by atoms with Crippen LogP contribution in [-0.2, 0) is 20.7 Å². The molecule has 4 heteroatoms. The maximum absolute atomic E-state index is 11.5. The lowest BCUT2D eigenvalue weighted by Gasteiger charge is -2.08. The lowest BCUT2D eigenvalue weighted by Crippen LogP contribution is -2.14. The van der Waals surface area contributed by atoms with Crippen LogP contribution in [0.1, 0.15) is 25.8 Å². The van der Waals surface area contributed by atoms with E-state index in [2.05, 4.69) is 0 Å². The van der Waals surface area contributed by atoms with E-state index in [1.165, 1.54) is 0 Å². The molecule has 0 saturated carbocycles. The quantitative estimate of drug-likeness (QED) is 0.458. The van der Waals surface area contributed by atoms with Gasteiger partial charge >= 0.3 is 5.97 Å². The van der Waals surface area contributed by atoms with Gasteiger partial charge in [0.1, 0.15) is 6.61 Å². The van der Waals surface area contributed by atoms with Crippen LogP contribution in [0.5, 0.6) is 0 Å². The van der Waals surface area contributed by atoms with Gasteiger partial charge in [0.25, 0.3) is 0 Å². The molecule has 0 saturated heterocycles. The minimum absolute atomic E-state index is 0.160. The normalized spacial score (nSPS) is 10.6. The van der Waals surface area contributed by atoms with E-state index >= 15 is 0 Å². The Kier molecular flexibility index (Phi) is 6.22. The summed E-state index contributed by atoms with van der Waals surface area (Å²) in [5, 5.41) is 0. The summed E-state index contributed by atoms with van der Waals surface area (Å²) in [6, 6.07) is 7.54. The van der Waals surface area contributed by atoms with Crippen LogP contribution in [0.3, 0.4) is 0 Å². The zero-order valence-corrected chi connectivity index (χ0v) is 11.0. The topological polar surface area (TPSA) is 61.5 Å². The number of para-hydroxylation sites is 1. The van der Waals surface area contributed by atoms with Crippen LogP contribution >= 0.6 is 0 Å². The number of carbonyl (C=O) groups is 1. The molecule has 18 heavy (non-hydrogen) atoms. The number of rotatable bonds is 7. The number of aryl methyl sites for hydroxylation is 1. The van der Waals surface area contributed by atoms with E-state index in [9.17, 15) is 4.79 Å². The molecule has 0 unspecified atom stereocenters. The van der Waals surface area contributed by atoms with Crippen molar-refractivity contribution in [1.29, 1.82) is 0 Å². The van der Waals surface area contributed by atoms with Gasteiger partial charge in [-0.05, 0) is 31.9 Å². The van der Waals surface area contributed by atoms with Crippen molar-refractivity contribution in [3.63, 3.8) is 0 Å². The van der Waals surface area contributed by atoms with Crippen molar-refractivity contribution < 1.29 is 14.3 Å². The molecule has 2 N–H and O–H groups in total. The molecule has 0 spiro atoms. The second-order valence-corrected chi connectivity index (χ2v) is 4.34. The molecule has 0 amide bonds. The molecular formula is C14H21NO3. The van der Waals surface area contributed by atoms with Crippen molar-refractivity contribution in [2.24, 2.45) is 0 Å². The monoisotopic (exact) mass is 251 g/mol. The Bertz CT molecular complexity index is 377. The van der Waals surface area contributed by atoms with Gasteiger partial charge in [0.2, 0.25) is 0 Å². The van der Waals surface area contributed by atoms with E-state index < -0.39 is 0 Å². The molecular weight excluding hydrogens is 230 g/mol. The highest BCUT2D eigenvalue weighted by Crippen LogP contribution is 2.12. The SMILES string of the molecule is CC(C)OCCOC(=O)CCc1ccccc1N. The zero-order valence-electron chi connectivity index (χ0n) is 11.0. The molecule has 0 radical (unpaired) electrons. The standard InChI is InChI=1S/C14H21NO3/c1-11(2)17-9-10-18-14(16)8-7-12-5-3-4-6-13(12)15/h3-6,11H,7-10,15H2,1-2H3. The summed E-state index contributed by atoms with van der Waals surface area (Å²) in [5.41, 5.74) is 7.49. The van der Waals surface area contributed by atoms with Crippen LogP contribution in [0.25, 0.3) is 0 Å². The van der Waals surface area contributed by atoms with Gasteiger partial charge in [-0.2, -0.15) is 0 Å². The summed E-state index contributed by atoms with van der Waals surface area (Å²) in [7, 11) is 0. The van der Waals surface area contributed by atoms with Crippen LogP contribution < -0.4 is 5.73 Å². The predicted octanol–water partition coefficient (Wildman–Crippen LogP) is 2.17. The first-order valence-corrected chi connectivity index (χ1v) is 6.20. The number of nitrogens with two attached hydrogens (primary N) is 1. The number of esters is 1. The van der Waals surface area contributed by atoms with Gasteiger partial charge in [-0.1, -0.05) is 18.2 Å². The smallest absolute Gasteiger partial charge is 0.306 e. The van der Waals surface area contributed by atoms with Crippen LogP contribution in [0, 0.1) is 0 Å². The van der Waals surface area contributed by atoms with Crippen molar-refractivity contribution in [3.05, 3.63) is 29.8 Å². The van der Waals surface area contributed by atoms with Crippen LogP contribution in [0.15, 0.2) is 24.3 Å². The average Bonchev–Trinajstić information content (AvgIpc) is 2.33. The van der Waals surface area contributed by atoms with Gasteiger partial charge in [0.05, 0.1) is 12.7 Å². The summed E-state index contributed by atoms with van der Waals surface area (Å²) < 4.78 is 10.3. The Labute approximate surface area is 108 Å². The molecule has 0 heterocycles. The number of hydrogen-bond acceptors (Lipinski definition) is 4. The number of ether oxygens (including phenoxy) is 2. The first-order valence-electron chi connectivity index (χ1n) is 6.20. The molecule has 0 fully saturated rings. The molecule has 1 rings (SSSR count). The maximum Gasteiger partial charge on any atom is 0.306 e. The van der Waals surface area contributed by atoms with Crippen LogP contribution in [-0.4, -0.2) is 25.3 Å². The Balaban J connectivity index is 2.19. The summed E-state index contributed by atoms with van der Waals surface area (Å²) in [4.78, 5) is 11.5.